The Balaban J connectivity index is 2.04. The van der Waals surface area contributed by atoms with E-state index < -0.39 is 11.9 Å². The number of benzene rings is 2. The van der Waals surface area contributed by atoms with E-state index in [0.717, 1.165) is 22.2 Å². The second kappa shape index (κ2) is 8.03. The average molecular weight is 453 g/mol. The Morgan fingerprint density at radius 1 is 1.30 bits per heavy atom. The van der Waals surface area contributed by atoms with Gasteiger partial charge in [0.05, 0.1) is 12.5 Å². The van der Waals surface area contributed by atoms with Gasteiger partial charge in [0.25, 0.3) is 0 Å². The van der Waals surface area contributed by atoms with Gasteiger partial charge in [-0.25, -0.2) is 4.39 Å². The summed E-state index contributed by atoms with van der Waals surface area (Å²) in [5.74, 6) is -1.49. The van der Waals surface area contributed by atoms with Crippen LogP contribution in [0.25, 0.3) is 10.9 Å². The number of carbonyl (C=O) groups is 1. The Morgan fingerprint density at radius 3 is 2.70 bits per heavy atom. The number of aliphatic carboxylic acids is 1. The second-order valence-corrected chi connectivity index (χ2v) is 8.18. The van der Waals surface area contributed by atoms with E-state index in [0.29, 0.717) is 34.4 Å². The predicted octanol–water partition coefficient (Wildman–Crippen LogP) is 6.21. The SMILES string of the molecule is Cc1c(CCC(C)C(=O)O)c2cc(Cl)ccc2n1Cc1ccc(Br)cc1F. The highest BCUT2D eigenvalue weighted by Crippen LogP contribution is 2.31. The Labute approximate surface area is 170 Å². The number of nitrogens with zero attached hydrogens (tertiary/aromatic N) is 1. The number of fused-ring (bicyclic) bond motifs is 1. The van der Waals surface area contributed by atoms with Gasteiger partial charge in [-0.2, -0.15) is 0 Å². The molecule has 27 heavy (non-hydrogen) atoms. The number of halogens is 3. The third kappa shape index (κ3) is 4.19. The molecule has 3 aromatic rings. The van der Waals surface area contributed by atoms with Crippen LogP contribution in [-0.4, -0.2) is 15.6 Å². The number of carboxylic acids is 1. The molecule has 0 saturated heterocycles. The Bertz CT molecular complexity index is 1020. The van der Waals surface area contributed by atoms with Gasteiger partial charge in [0.2, 0.25) is 0 Å². The molecule has 1 heterocycles. The van der Waals surface area contributed by atoms with E-state index in [-0.39, 0.29) is 5.82 Å². The predicted molar refractivity (Wildman–Crippen MR) is 110 cm³/mol. The van der Waals surface area contributed by atoms with Gasteiger partial charge in [-0.3, -0.25) is 4.79 Å². The van der Waals surface area contributed by atoms with Crippen molar-refractivity contribution in [1.29, 1.82) is 0 Å². The minimum Gasteiger partial charge on any atom is -0.481 e. The third-order valence-electron chi connectivity index (χ3n) is 5.01. The van der Waals surface area contributed by atoms with Crippen LogP contribution >= 0.6 is 27.5 Å². The first kappa shape index (κ1) is 19.9. The summed E-state index contributed by atoms with van der Waals surface area (Å²) in [4.78, 5) is 11.2. The van der Waals surface area contributed by atoms with Crippen LogP contribution < -0.4 is 0 Å². The van der Waals surface area contributed by atoms with E-state index in [4.69, 9.17) is 16.7 Å². The van der Waals surface area contributed by atoms with Crippen LogP contribution in [0.1, 0.15) is 30.2 Å². The zero-order chi connectivity index (χ0) is 19.7. The molecule has 3 nitrogen and oxygen atoms in total. The molecule has 0 aliphatic carbocycles. The lowest BCUT2D eigenvalue weighted by Gasteiger charge is -2.11. The van der Waals surface area contributed by atoms with Gasteiger partial charge < -0.3 is 9.67 Å². The molecule has 0 radical (unpaired) electrons. The zero-order valence-corrected chi connectivity index (χ0v) is 17.4. The molecule has 0 saturated carbocycles. The molecule has 0 amide bonds. The molecule has 1 N–H and O–H groups in total. The number of hydrogen-bond donors (Lipinski definition) is 1. The van der Waals surface area contributed by atoms with Gasteiger partial charge in [0.15, 0.2) is 0 Å². The maximum Gasteiger partial charge on any atom is 0.306 e. The largest absolute Gasteiger partial charge is 0.481 e. The summed E-state index contributed by atoms with van der Waals surface area (Å²) in [7, 11) is 0. The van der Waals surface area contributed by atoms with Gasteiger partial charge in [0.1, 0.15) is 5.82 Å². The van der Waals surface area contributed by atoms with Crippen LogP contribution in [0.2, 0.25) is 5.02 Å². The number of aryl methyl sites for hydroxylation is 1. The first-order valence-electron chi connectivity index (χ1n) is 8.72. The molecule has 3 rings (SSSR count). The molecule has 0 spiro atoms. The normalized spacial score (nSPS) is 12.5. The minimum absolute atomic E-state index is 0.263. The molecule has 0 fully saturated rings. The molecule has 2 aromatic carbocycles. The fraction of sp³-hybridized carbons (Fsp3) is 0.286. The van der Waals surface area contributed by atoms with Crippen molar-refractivity contribution in [3.05, 3.63) is 68.5 Å². The van der Waals surface area contributed by atoms with Gasteiger partial charge in [-0.15, -0.1) is 0 Å². The summed E-state index contributed by atoms with van der Waals surface area (Å²) >= 11 is 9.48. The monoisotopic (exact) mass is 451 g/mol. The van der Waals surface area contributed by atoms with Crippen molar-refractivity contribution < 1.29 is 14.3 Å². The van der Waals surface area contributed by atoms with E-state index in [2.05, 4.69) is 20.5 Å². The van der Waals surface area contributed by atoms with Crippen LogP contribution in [0, 0.1) is 18.7 Å². The van der Waals surface area contributed by atoms with E-state index in [9.17, 15) is 9.18 Å². The topological polar surface area (TPSA) is 42.2 Å². The maximum atomic E-state index is 14.4. The number of hydrogen-bond acceptors (Lipinski definition) is 1. The first-order valence-corrected chi connectivity index (χ1v) is 9.89. The second-order valence-electron chi connectivity index (χ2n) is 6.83. The summed E-state index contributed by atoms with van der Waals surface area (Å²) in [5, 5.41) is 10.8. The highest BCUT2D eigenvalue weighted by atomic mass is 79.9. The number of carboxylic acid groups (broad SMARTS) is 1. The smallest absolute Gasteiger partial charge is 0.306 e. The molecular weight excluding hydrogens is 433 g/mol. The fourth-order valence-electron chi connectivity index (χ4n) is 3.35. The van der Waals surface area contributed by atoms with Crippen molar-refractivity contribution in [2.24, 2.45) is 5.92 Å². The van der Waals surface area contributed by atoms with Crippen molar-refractivity contribution in [3.8, 4) is 0 Å². The van der Waals surface area contributed by atoms with Crippen LogP contribution in [0.4, 0.5) is 4.39 Å². The number of aromatic nitrogens is 1. The first-order chi connectivity index (χ1) is 12.8. The van der Waals surface area contributed by atoms with E-state index in [1.54, 1.807) is 13.0 Å². The summed E-state index contributed by atoms with van der Waals surface area (Å²) in [6.45, 7) is 4.10. The highest BCUT2D eigenvalue weighted by molar-refractivity contribution is 9.10. The highest BCUT2D eigenvalue weighted by Gasteiger charge is 2.18. The van der Waals surface area contributed by atoms with Crippen molar-refractivity contribution >= 4 is 44.4 Å². The standard InChI is InChI=1S/C21H20BrClFNO2/c1-12(21(26)27)3-7-17-13(2)25(20-8-6-16(23)10-18(17)20)11-14-4-5-15(22)9-19(14)24/h4-6,8-10,12H,3,7,11H2,1-2H3,(H,26,27). The molecule has 0 aliphatic heterocycles. The Kier molecular flexibility index (Phi) is 5.92. The minimum atomic E-state index is -0.800. The molecule has 6 heteroatoms. The molecule has 1 unspecified atom stereocenters. The van der Waals surface area contributed by atoms with Crippen LogP contribution in [0.15, 0.2) is 40.9 Å². The summed E-state index contributed by atoms with van der Waals surface area (Å²) < 4.78 is 17.1. The van der Waals surface area contributed by atoms with Gasteiger partial charge >= 0.3 is 5.97 Å². The Morgan fingerprint density at radius 2 is 2.04 bits per heavy atom. The number of rotatable bonds is 6. The Hall–Kier alpha value is -1.85. The molecule has 1 aromatic heterocycles. The summed E-state index contributed by atoms with van der Waals surface area (Å²) in [6.07, 6.45) is 1.17. The lowest BCUT2D eigenvalue weighted by atomic mass is 9.99. The van der Waals surface area contributed by atoms with Crippen molar-refractivity contribution in [2.75, 3.05) is 0 Å². The van der Waals surface area contributed by atoms with E-state index >= 15 is 0 Å². The third-order valence-corrected chi connectivity index (χ3v) is 5.74. The quantitative estimate of drug-likeness (QED) is 0.483. The van der Waals surface area contributed by atoms with Crippen LogP contribution in [0.5, 0.6) is 0 Å². The van der Waals surface area contributed by atoms with Gasteiger partial charge in [-0.05, 0) is 55.7 Å². The van der Waals surface area contributed by atoms with Crippen molar-refractivity contribution in [3.63, 3.8) is 0 Å². The maximum absolute atomic E-state index is 14.4. The van der Waals surface area contributed by atoms with Crippen LogP contribution in [0.3, 0.4) is 0 Å². The molecule has 142 valence electrons. The zero-order valence-electron chi connectivity index (χ0n) is 15.1. The lowest BCUT2D eigenvalue weighted by Crippen LogP contribution is -2.10. The molecule has 0 bridgehead atoms. The average Bonchev–Trinajstić information content (AvgIpc) is 2.86. The fourth-order valence-corrected chi connectivity index (χ4v) is 3.85. The lowest BCUT2D eigenvalue weighted by molar-refractivity contribution is -0.141. The van der Waals surface area contributed by atoms with E-state index in [1.807, 2.05) is 31.2 Å². The molecule has 0 aliphatic rings. The summed E-state index contributed by atoms with van der Waals surface area (Å²) in [5.41, 5.74) is 3.64. The van der Waals surface area contributed by atoms with Gasteiger partial charge in [-0.1, -0.05) is 40.5 Å². The summed E-state index contributed by atoms with van der Waals surface area (Å²) in [6, 6.07) is 10.7. The molecular formula is C21H20BrClFNO2. The molecule has 1 atom stereocenters. The van der Waals surface area contributed by atoms with Crippen molar-refractivity contribution in [2.45, 2.75) is 33.2 Å². The van der Waals surface area contributed by atoms with Gasteiger partial charge in [0, 0.05) is 31.7 Å². The van der Waals surface area contributed by atoms with Crippen molar-refractivity contribution in [1.82, 2.24) is 4.57 Å². The van der Waals surface area contributed by atoms with Crippen LogP contribution in [-0.2, 0) is 17.8 Å². The van der Waals surface area contributed by atoms with E-state index in [1.165, 1.54) is 6.07 Å².